The van der Waals surface area contributed by atoms with Gasteiger partial charge in [0.2, 0.25) is 5.89 Å². The van der Waals surface area contributed by atoms with Gasteiger partial charge in [0.15, 0.2) is 15.6 Å². The average molecular weight is 348 g/mol. The van der Waals surface area contributed by atoms with Gasteiger partial charge < -0.3 is 4.42 Å². The van der Waals surface area contributed by atoms with Crippen LogP contribution >= 0.6 is 23.1 Å². The number of aromatic nitrogens is 4. The van der Waals surface area contributed by atoms with Gasteiger partial charge >= 0.3 is 0 Å². The van der Waals surface area contributed by atoms with Crippen molar-refractivity contribution in [1.82, 2.24) is 19.5 Å². The second-order valence-electron chi connectivity index (χ2n) is 4.73. The Labute approximate surface area is 137 Å². The van der Waals surface area contributed by atoms with E-state index in [2.05, 4.69) is 15.0 Å². The van der Waals surface area contributed by atoms with E-state index in [-0.39, 0.29) is 17.9 Å². The van der Waals surface area contributed by atoms with Gasteiger partial charge in [-0.15, -0.1) is 11.3 Å². The van der Waals surface area contributed by atoms with Gasteiger partial charge in [0.1, 0.15) is 28.9 Å². The van der Waals surface area contributed by atoms with Crippen LogP contribution in [0.3, 0.4) is 0 Å². The van der Waals surface area contributed by atoms with Crippen molar-refractivity contribution in [1.29, 1.82) is 0 Å². The lowest BCUT2D eigenvalue weighted by Gasteiger charge is -2.00. The van der Waals surface area contributed by atoms with E-state index in [1.807, 2.05) is 6.26 Å². The molecule has 6 nitrogen and oxygen atoms in total. The third-order valence-electron chi connectivity index (χ3n) is 3.24. The standard InChI is InChI=1S/C14H9FN4O2S2/c1-22-14-18-12-11(23-14)13(20)19(6-16-12)5-10-17-8-4-7(15)2-3-9(8)21-10/h2-4,6H,5H2,1H3. The molecular formula is C14H9FN4O2S2. The molecule has 0 saturated heterocycles. The van der Waals surface area contributed by atoms with Gasteiger partial charge in [0.25, 0.3) is 5.56 Å². The maximum absolute atomic E-state index is 13.2. The quantitative estimate of drug-likeness (QED) is 0.530. The summed E-state index contributed by atoms with van der Waals surface area (Å²) in [5.74, 6) is -0.0599. The normalized spacial score (nSPS) is 11.6. The molecule has 0 spiro atoms. The van der Waals surface area contributed by atoms with E-state index >= 15 is 0 Å². The fraction of sp³-hybridized carbons (Fsp3) is 0.143. The number of benzene rings is 1. The summed E-state index contributed by atoms with van der Waals surface area (Å²) in [6.45, 7) is 0.130. The maximum atomic E-state index is 13.2. The zero-order chi connectivity index (χ0) is 16.0. The van der Waals surface area contributed by atoms with Gasteiger partial charge in [-0.25, -0.2) is 19.3 Å². The van der Waals surface area contributed by atoms with Crippen LogP contribution in [-0.4, -0.2) is 25.8 Å². The Morgan fingerprint density at radius 2 is 2.26 bits per heavy atom. The van der Waals surface area contributed by atoms with Crippen molar-refractivity contribution in [2.75, 3.05) is 6.26 Å². The number of hydrogen-bond donors (Lipinski definition) is 0. The average Bonchev–Trinajstić information content (AvgIpc) is 3.13. The van der Waals surface area contributed by atoms with Crippen molar-refractivity contribution < 1.29 is 8.81 Å². The molecule has 23 heavy (non-hydrogen) atoms. The van der Waals surface area contributed by atoms with E-state index in [1.165, 1.54) is 52.2 Å². The first-order valence-corrected chi connectivity index (χ1v) is 8.63. The number of rotatable bonds is 3. The molecule has 0 unspecified atom stereocenters. The summed E-state index contributed by atoms with van der Waals surface area (Å²) in [6, 6.07) is 4.11. The van der Waals surface area contributed by atoms with Gasteiger partial charge in [0.05, 0.1) is 0 Å². The second-order valence-corrected chi connectivity index (χ2v) is 6.79. The molecule has 0 bridgehead atoms. The predicted molar refractivity (Wildman–Crippen MR) is 86.5 cm³/mol. The fourth-order valence-electron chi connectivity index (χ4n) is 2.19. The van der Waals surface area contributed by atoms with Gasteiger partial charge in [-0.1, -0.05) is 11.8 Å². The Hall–Kier alpha value is -2.26. The van der Waals surface area contributed by atoms with Gasteiger partial charge in [-0.3, -0.25) is 9.36 Å². The number of hydrogen-bond acceptors (Lipinski definition) is 7. The molecule has 0 saturated carbocycles. The molecule has 3 aromatic heterocycles. The monoisotopic (exact) mass is 348 g/mol. The van der Waals surface area contributed by atoms with Crippen LogP contribution in [0.25, 0.3) is 21.4 Å². The highest BCUT2D eigenvalue weighted by Crippen LogP contribution is 2.24. The predicted octanol–water partition coefficient (Wildman–Crippen LogP) is 2.90. The smallest absolute Gasteiger partial charge is 0.273 e. The number of thiazole rings is 1. The minimum atomic E-state index is -0.383. The minimum Gasteiger partial charge on any atom is -0.439 e. The minimum absolute atomic E-state index is 0.130. The molecule has 3 heterocycles. The van der Waals surface area contributed by atoms with E-state index in [0.29, 0.717) is 27.3 Å². The summed E-state index contributed by atoms with van der Waals surface area (Å²) >= 11 is 2.78. The zero-order valence-corrected chi connectivity index (χ0v) is 13.4. The molecule has 0 radical (unpaired) electrons. The molecule has 0 fully saturated rings. The van der Waals surface area contributed by atoms with Crippen molar-refractivity contribution in [2.45, 2.75) is 10.9 Å². The number of nitrogens with zero attached hydrogens (tertiary/aromatic N) is 4. The highest BCUT2D eigenvalue weighted by molar-refractivity contribution is 8.00. The van der Waals surface area contributed by atoms with Crippen LogP contribution in [0.4, 0.5) is 4.39 Å². The van der Waals surface area contributed by atoms with E-state index in [0.717, 1.165) is 4.34 Å². The topological polar surface area (TPSA) is 73.8 Å². The van der Waals surface area contributed by atoms with Crippen LogP contribution in [-0.2, 0) is 6.54 Å². The number of fused-ring (bicyclic) bond motifs is 2. The summed E-state index contributed by atoms with van der Waals surface area (Å²) in [7, 11) is 0. The number of thioether (sulfide) groups is 1. The molecule has 0 N–H and O–H groups in total. The first-order chi connectivity index (χ1) is 11.1. The molecule has 0 aliphatic heterocycles. The van der Waals surface area contributed by atoms with Crippen LogP contribution in [0, 0.1) is 5.82 Å². The van der Waals surface area contributed by atoms with Crippen molar-refractivity contribution in [3.63, 3.8) is 0 Å². The van der Waals surface area contributed by atoms with Gasteiger partial charge in [0, 0.05) is 6.07 Å². The fourth-order valence-corrected chi connectivity index (χ4v) is 3.65. The largest absolute Gasteiger partial charge is 0.439 e. The third-order valence-corrected chi connectivity index (χ3v) is 5.26. The Kier molecular flexibility index (Phi) is 3.38. The molecule has 4 rings (SSSR count). The van der Waals surface area contributed by atoms with Crippen molar-refractivity contribution in [3.8, 4) is 0 Å². The second kappa shape index (κ2) is 5.43. The molecule has 0 aliphatic rings. The maximum Gasteiger partial charge on any atom is 0.273 e. The van der Waals surface area contributed by atoms with Gasteiger partial charge in [-0.2, -0.15) is 0 Å². The van der Waals surface area contributed by atoms with Gasteiger partial charge in [-0.05, 0) is 18.4 Å². The number of halogens is 1. The zero-order valence-electron chi connectivity index (χ0n) is 11.8. The Morgan fingerprint density at radius 3 is 3.09 bits per heavy atom. The lowest BCUT2D eigenvalue weighted by atomic mass is 10.3. The molecule has 0 atom stereocenters. The molecule has 116 valence electrons. The summed E-state index contributed by atoms with van der Waals surface area (Å²) in [6.07, 6.45) is 3.32. The highest BCUT2D eigenvalue weighted by Gasteiger charge is 2.13. The van der Waals surface area contributed by atoms with Crippen molar-refractivity contribution >= 4 is 44.5 Å². The molecule has 0 amide bonds. The van der Waals surface area contributed by atoms with Crippen molar-refractivity contribution in [3.05, 3.63) is 46.6 Å². The van der Waals surface area contributed by atoms with Crippen molar-refractivity contribution in [2.24, 2.45) is 0 Å². The van der Waals surface area contributed by atoms with E-state index in [4.69, 9.17) is 4.42 Å². The van der Waals surface area contributed by atoms with Crippen LogP contribution in [0.1, 0.15) is 5.89 Å². The molecular weight excluding hydrogens is 339 g/mol. The SMILES string of the molecule is CSc1nc2ncn(Cc3nc4cc(F)ccc4o3)c(=O)c2s1. The lowest BCUT2D eigenvalue weighted by Crippen LogP contribution is -2.20. The molecule has 0 aliphatic carbocycles. The number of oxazole rings is 1. The van der Waals surface area contributed by atoms with Crippen LogP contribution in [0.15, 0.2) is 38.1 Å². The van der Waals surface area contributed by atoms with Crippen LogP contribution < -0.4 is 5.56 Å². The molecule has 9 heteroatoms. The van der Waals surface area contributed by atoms with E-state index < -0.39 is 0 Å². The first kappa shape index (κ1) is 14.3. The van der Waals surface area contributed by atoms with E-state index in [1.54, 1.807) is 0 Å². The molecule has 4 aromatic rings. The Balaban J connectivity index is 1.76. The van der Waals surface area contributed by atoms with Crippen LogP contribution in [0.5, 0.6) is 0 Å². The summed E-state index contributed by atoms with van der Waals surface area (Å²) < 4.78 is 21.4. The summed E-state index contributed by atoms with van der Waals surface area (Å²) in [4.78, 5) is 25.1. The molecule has 1 aromatic carbocycles. The first-order valence-electron chi connectivity index (χ1n) is 6.59. The highest BCUT2D eigenvalue weighted by atomic mass is 32.2. The lowest BCUT2D eigenvalue weighted by molar-refractivity contribution is 0.503. The Morgan fingerprint density at radius 1 is 1.39 bits per heavy atom. The Bertz CT molecular complexity index is 1090. The summed E-state index contributed by atoms with van der Waals surface area (Å²) in [5, 5.41) is 0. The van der Waals surface area contributed by atoms with E-state index in [9.17, 15) is 9.18 Å². The summed E-state index contributed by atoms with van der Waals surface area (Å²) in [5.41, 5.74) is 1.15. The van der Waals surface area contributed by atoms with Crippen LogP contribution in [0.2, 0.25) is 0 Å². The third kappa shape index (κ3) is 2.51.